The molecule has 1 N–H and O–H groups in total. The first kappa shape index (κ1) is 11.5. The smallest absolute Gasteiger partial charge is 0.222 e. The third kappa shape index (κ3) is 3.44. The highest BCUT2D eigenvalue weighted by Crippen LogP contribution is 2.33. The number of rotatable bonds is 5. The van der Waals surface area contributed by atoms with E-state index in [1.807, 2.05) is 0 Å². The number of hydrogen-bond acceptors (Lipinski definition) is 2. The first-order valence-electron chi connectivity index (χ1n) is 7.32. The number of carbonyl (C=O) groups excluding carboxylic acids is 1. The summed E-state index contributed by atoms with van der Waals surface area (Å²) in [5.41, 5.74) is 0. The van der Waals surface area contributed by atoms with Gasteiger partial charge in [-0.1, -0.05) is 0 Å². The van der Waals surface area contributed by atoms with Crippen molar-refractivity contribution >= 4 is 5.91 Å². The maximum absolute atomic E-state index is 11.9. The predicted octanol–water partition coefficient (Wildman–Crippen LogP) is 1.78. The molecular formula is C14H24N2O. The second-order valence-corrected chi connectivity index (χ2v) is 6.15. The Bertz CT molecular complexity index is 276. The molecule has 2 saturated carbocycles. The highest BCUT2D eigenvalue weighted by molar-refractivity contribution is 5.76. The van der Waals surface area contributed by atoms with Crippen LogP contribution >= 0.6 is 0 Å². The summed E-state index contributed by atoms with van der Waals surface area (Å²) in [6.07, 6.45) is 8.54. The fraction of sp³-hybridized carbons (Fsp3) is 0.929. The van der Waals surface area contributed by atoms with Gasteiger partial charge in [-0.2, -0.15) is 0 Å². The first-order valence-corrected chi connectivity index (χ1v) is 7.32. The Balaban J connectivity index is 1.35. The molecule has 17 heavy (non-hydrogen) atoms. The van der Waals surface area contributed by atoms with Crippen LogP contribution in [0.4, 0.5) is 0 Å². The van der Waals surface area contributed by atoms with Crippen LogP contribution in [0.5, 0.6) is 0 Å². The minimum atomic E-state index is 0.410. The average molecular weight is 236 g/mol. The van der Waals surface area contributed by atoms with Crippen LogP contribution in [0.25, 0.3) is 0 Å². The van der Waals surface area contributed by atoms with Crippen LogP contribution in [0.1, 0.15) is 44.9 Å². The Labute approximate surface area is 104 Å². The molecule has 3 nitrogen and oxygen atoms in total. The van der Waals surface area contributed by atoms with E-state index in [0.29, 0.717) is 11.9 Å². The minimum absolute atomic E-state index is 0.410. The van der Waals surface area contributed by atoms with Gasteiger partial charge < -0.3 is 10.2 Å². The third-order valence-electron chi connectivity index (χ3n) is 4.40. The molecule has 0 atom stereocenters. The van der Waals surface area contributed by atoms with E-state index in [4.69, 9.17) is 0 Å². The van der Waals surface area contributed by atoms with Crippen molar-refractivity contribution in [3.8, 4) is 0 Å². The normalized spacial score (nSPS) is 26.2. The molecule has 3 aliphatic rings. The molecule has 3 heteroatoms. The van der Waals surface area contributed by atoms with Crippen molar-refractivity contribution in [2.75, 3.05) is 19.6 Å². The van der Waals surface area contributed by atoms with Gasteiger partial charge in [0.2, 0.25) is 5.91 Å². The summed E-state index contributed by atoms with van der Waals surface area (Å²) in [4.78, 5) is 14.0. The van der Waals surface area contributed by atoms with Gasteiger partial charge in [0.1, 0.15) is 0 Å². The number of carbonyl (C=O) groups is 1. The van der Waals surface area contributed by atoms with Gasteiger partial charge in [-0.25, -0.2) is 0 Å². The van der Waals surface area contributed by atoms with Gasteiger partial charge in [0, 0.05) is 25.6 Å². The molecule has 1 saturated heterocycles. The van der Waals surface area contributed by atoms with Crippen LogP contribution in [0.2, 0.25) is 0 Å². The Kier molecular flexibility index (Phi) is 3.37. The van der Waals surface area contributed by atoms with Gasteiger partial charge in [-0.15, -0.1) is 0 Å². The summed E-state index contributed by atoms with van der Waals surface area (Å²) in [7, 11) is 0. The van der Waals surface area contributed by atoms with E-state index in [-0.39, 0.29) is 0 Å². The molecule has 3 fully saturated rings. The van der Waals surface area contributed by atoms with E-state index < -0.39 is 0 Å². The molecule has 96 valence electrons. The summed E-state index contributed by atoms with van der Waals surface area (Å²) in [5, 5.41) is 3.66. The number of piperidine rings is 1. The monoisotopic (exact) mass is 236 g/mol. The van der Waals surface area contributed by atoms with Gasteiger partial charge in [-0.3, -0.25) is 4.79 Å². The molecule has 0 aromatic rings. The second kappa shape index (κ2) is 4.97. The summed E-state index contributed by atoms with van der Waals surface area (Å²) in [6, 6.07) is 0.667. The van der Waals surface area contributed by atoms with Gasteiger partial charge in [0.15, 0.2) is 0 Å². The Hall–Kier alpha value is -0.570. The Morgan fingerprint density at radius 3 is 2.24 bits per heavy atom. The van der Waals surface area contributed by atoms with Gasteiger partial charge >= 0.3 is 0 Å². The number of amides is 1. The fourth-order valence-corrected chi connectivity index (χ4v) is 2.69. The van der Waals surface area contributed by atoms with Crippen molar-refractivity contribution in [1.82, 2.24) is 10.2 Å². The lowest BCUT2D eigenvalue weighted by atomic mass is 10.0. The van der Waals surface area contributed by atoms with E-state index in [1.54, 1.807) is 0 Å². The van der Waals surface area contributed by atoms with Crippen molar-refractivity contribution in [2.45, 2.75) is 51.0 Å². The van der Waals surface area contributed by atoms with Crippen molar-refractivity contribution in [2.24, 2.45) is 11.8 Å². The summed E-state index contributed by atoms with van der Waals surface area (Å²) in [5.74, 6) is 2.10. The zero-order valence-electron chi connectivity index (χ0n) is 10.7. The molecule has 0 aromatic carbocycles. The maximum atomic E-state index is 11.9. The zero-order valence-corrected chi connectivity index (χ0v) is 10.7. The van der Waals surface area contributed by atoms with Crippen LogP contribution in [0.3, 0.4) is 0 Å². The van der Waals surface area contributed by atoms with E-state index in [2.05, 4.69) is 10.2 Å². The largest absolute Gasteiger partial charge is 0.343 e. The van der Waals surface area contributed by atoms with Crippen LogP contribution in [-0.4, -0.2) is 36.5 Å². The lowest BCUT2D eigenvalue weighted by Gasteiger charge is -2.32. The number of nitrogens with one attached hydrogen (secondary N) is 1. The van der Waals surface area contributed by atoms with E-state index in [9.17, 15) is 4.79 Å². The molecule has 0 bridgehead atoms. The molecule has 1 heterocycles. The van der Waals surface area contributed by atoms with E-state index in [1.165, 1.54) is 32.2 Å². The van der Waals surface area contributed by atoms with Gasteiger partial charge in [-0.05, 0) is 56.9 Å². The van der Waals surface area contributed by atoms with Crippen LogP contribution in [0, 0.1) is 11.8 Å². The van der Waals surface area contributed by atoms with Gasteiger partial charge in [0.05, 0.1) is 0 Å². The molecule has 2 aliphatic carbocycles. The molecule has 1 aliphatic heterocycles. The molecular weight excluding hydrogens is 212 g/mol. The molecule has 1 amide bonds. The Morgan fingerprint density at radius 1 is 1.00 bits per heavy atom. The molecule has 3 rings (SSSR count). The van der Waals surface area contributed by atoms with Crippen molar-refractivity contribution in [3.05, 3.63) is 0 Å². The zero-order chi connectivity index (χ0) is 11.7. The summed E-state index contributed by atoms with van der Waals surface area (Å²) < 4.78 is 0. The van der Waals surface area contributed by atoms with E-state index in [0.717, 1.165) is 44.2 Å². The van der Waals surface area contributed by atoms with Crippen LogP contribution < -0.4 is 5.32 Å². The lowest BCUT2D eigenvalue weighted by molar-refractivity contribution is -0.132. The topological polar surface area (TPSA) is 32.3 Å². The van der Waals surface area contributed by atoms with Crippen molar-refractivity contribution in [3.63, 3.8) is 0 Å². The first-order chi connectivity index (χ1) is 8.31. The standard InChI is InChI=1S/C14H24N2O/c17-14(9-11-1-2-11)16-7-5-13(6-8-16)15-10-12-3-4-12/h11-13,15H,1-10H2. The summed E-state index contributed by atoms with van der Waals surface area (Å²) in [6.45, 7) is 3.17. The molecule has 0 radical (unpaired) electrons. The maximum Gasteiger partial charge on any atom is 0.222 e. The molecule has 0 aromatic heterocycles. The summed E-state index contributed by atoms with van der Waals surface area (Å²) >= 11 is 0. The minimum Gasteiger partial charge on any atom is -0.343 e. The number of likely N-dealkylation sites (tertiary alicyclic amines) is 1. The van der Waals surface area contributed by atoms with E-state index >= 15 is 0 Å². The van der Waals surface area contributed by atoms with Gasteiger partial charge in [0.25, 0.3) is 0 Å². The highest BCUT2D eigenvalue weighted by Gasteiger charge is 2.29. The van der Waals surface area contributed by atoms with Crippen LogP contribution in [-0.2, 0) is 4.79 Å². The number of nitrogens with zero attached hydrogens (tertiary/aromatic N) is 1. The van der Waals surface area contributed by atoms with Crippen molar-refractivity contribution in [1.29, 1.82) is 0 Å². The number of hydrogen-bond donors (Lipinski definition) is 1. The molecule has 0 spiro atoms. The highest BCUT2D eigenvalue weighted by atomic mass is 16.2. The Morgan fingerprint density at radius 2 is 1.65 bits per heavy atom. The lowest BCUT2D eigenvalue weighted by Crippen LogP contribution is -2.45. The van der Waals surface area contributed by atoms with Crippen LogP contribution in [0.15, 0.2) is 0 Å². The van der Waals surface area contributed by atoms with Crippen molar-refractivity contribution < 1.29 is 4.79 Å². The molecule has 0 unspecified atom stereocenters. The average Bonchev–Trinajstić information content (AvgIpc) is 3.22. The SMILES string of the molecule is O=C(CC1CC1)N1CCC(NCC2CC2)CC1. The predicted molar refractivity (Wildman–Crippen MR) is 67.7 cm³/mol. The third-order valence-corrected chi connectivity index (χ3v) is 4.40. The fourth-order valence-electron chi connectivity index (χ4n) is 2.69. The quantitative estimate of drug-likeness (QED) is 0.789. The second-order valence-electron chi connectivity index (χ2n) is 6.15.